The summed E-state index contributed by atoms with van der Waals surface area (Å²) in [5, 5.41) is 0. The zero-order valence-electron chi connectivity index (χ0n) is 7.57. The largest absolute Gasteiger partial charge is 0.273 e. The molecular weight excluding hydrogens is 170 g/mol. The van der Waals surface area contributed by atoms with Gasteiger partial charge in [0.1, 0.15) is 12.4 Å². The molecule has 1 aromatic rings. The Labute approximate surface area is 76.1 Å². The van der Waals surface area contributed by atoms with Crippen LogP contribution in [0.3, 0.4) is 0 Å². The number of aryl methyl sites for hydroxylation is 1. The minimum Gasteiger partial charge on any atom is -0.273 e. The number of carbonyl (C=O) groups excluding carboxylic acids is 1. The number of hydrogen-bond donors (Lipinski definition) is 1. The van der Waals surface area contributed by atoms with Gasteiger partial charge in [-0.15, -0.1) is 0 Å². The number of carbonyl (C=O) groups is 1. The van der Waals surface area contributed by atoms with Crippen LogP contribution in [0.1, 0.15) is 18.4 Å². The van der Waals surface area contributed by atoms with Crippen molar-refractivity contribution in [3.8, 4) is 0 Å². The van der Waals surface area contributed by atoms with Gasteiger partial charge in [0.2, 0.25) is 5.91 Å². The molecule has 0 saturated heterocycles. The van der Waals surface area contributed by atoms with Gasteiger partial charge in [0.05, 0.1) is 5.69 Å². The molecule has 5 heteroatoms. The highest BCUT2D eigenvalue weighted by molar-refractivity contribution is 5.71. The van der Waals surface area contributed by atoms with Crippen molar-refractivity contribution in [1.29, 1.82) is 0 Å². The Bertz CT molecular complexity index is 301. The third-order valence-corrected chi connectivity index (χ3v) is 1.27. The molecule has 0 aliphatic heterocycles. The molecule has 1 rings (SSSR count). The molecule has 0 radical (unpaired) electrons. The summed E-state index contributed by atoms with van der Waals surface area (Å²) in [6, 6.07) is 1.73. The van der Waals surface area contributed by atoms with Gasteiger partial charge in [0.25, 0.3) is 0 Å². The number of nitrogens with zero attached hydrogens (tertiary/aromatic N) is 2. The van der Waals surface area contributed by atoms with E-state index >= 15 is 0 Å². The Morgan fingerprint density at radius 3 is 3.08 bits per heavy atom. The quantitative estimate of drug-likeness (QED) is 0.683. The van der Waals surface area contributed by atoms with Crippen LogP contribution < -0.4 is 5.48 Å². The van der Waals surface area contributed by atoms with Crippen LogP contribution in [0.25, 0.3) is 0 Å². The topological polar surface area (TPSA) is 64.1 Å². The van der Waals surface area contributed by atoms with Crippen LogP contribution in [0.5, 0.6) is 0 Å². The van der Waals surface area contributed by atoms with Crippen molar-refractivity contribution >= 4 is 5.91 Å². The molecule has 0 saturated carbocycles. The van der Waals surface area contributed by atoms with Gasteiger partial charge in [-0.05, 0) is 13.0 Å². The summed E-state index contributed by atoms with van der Waals surface area (Å²) in [5.41, 5.74) is 2.95. The van der Waals surface area contributed by atoms with E-state index in [0.29, 0.717) is 5.82 Å². The molecule has 0 aliphatic rings. The molecular formula is C8H11N3O2. The van der Waals surface area contributed by atoms with Gasteiger partial charge >= 0.3 is 0 Å². The van der Waals surface area contributed by atoms with E-state index in [4.69, 9.17) is 4.84 Å². The van der Waals surface area contributed by atoms with Crippen molar-refractivity contribution in [2.45, 2.75) is 20.5 Å². The smallest absolute Gasteiger partial charge is 0.240 e. The Morgan fingerprint density at radius 2 is 2.46 bits per heavy atom. The minimum atomic E-state index is -0.231. The van der Waals surface area contributed by atoms with Crippen molar-refractivity contribution in [2.24, 2.45) is 0 Å². The van der Waals surface area contributed by atoms with Crippen LogP contribution in [0.4, 0.5) is 0 Å². The lowest BCUT2D eigenvalue weighted by atomic mass is 10.4. The number of aromatic nitrogens is 2. The van der Waals surface area contributed by atoms with Gasteiger partial charge in [-0.2, -0.15) is 0 Å². The highest BCUT2D eigenvalue weighted by atomic mass is 16.6. The van der Waals surface area contributed by atoms with Crippen molar-refractivity contribution < 1.29 is 9.63 Å². The first kappa shape index (κ1) is 9.60. The molecule has 1 N–H and O–H groups in total. The van der Waals surface area contributed by atoms with Gasteiger partial charge in [0.15, 0.2) is 0 Å². The fourth-order valence-corrected chi connectivity index (χ4v) is 0.797. The van der Waals surface area contributed by atoms with Crippen LogP contribution in [0.2, 0.25) is 0 Å². The summed E-state index contributed by atoms with van der Waals surface area (Å²) in [5.74, 6) is 0.453. The Balaban J connectivity index is 2.41. The van der Waals surface area contributed by atoms with Gasteiger partial charge in [-0.1, -0.05) is 0 Å². The van der Waals surface area contributed by atoms with Crippen LogP contribution in [0.15, 0.2) is 12.3 Å². The lowest BCUT2D eigenvalue weighted by Gasteiger charge is -2.02. The van der Waals surface area contributed by atoms with Gasteiger partial charge in [-0.25, -0.2) is 15.4 Å². The van der Waals surface area contributed by atoms with E-state index < -0.39 is 0 Å². The van der Waals surface area contributed by atoms with Crippen molar-refractivity contribution in [3.05, 3.63) is 23.8 Å². The first-order valence-electron chi connectivity index (χ1n) is 3.85. The van der Waals surface area contributed by atoms with Gasteiger partial charge in [-0.3, -0.25) is 9.63 Å². The minimum absolute atomic E-state index is 0.231. The van der Waals surface area contributed by atoms with E-state index in [-0.39, 0.29) is 12.5 Å². The average Bonchev–Trinajstić information content (AvgIpc) is 2.03. The molecule has 1 aromatic heterocycles. The summed E-state index contributed by atoms with van der Waals surface area (Å²) >= 11 is 0. The first-order valence-corrected chi connectivity index (χ1v) is 3.85. The SMILES string of the molecule is CC(=O)NOCc1ccnc(C)n1. The molecule has 0 atom stereocenters. The monoisotopic (exact) mass is 181 g/mol. The molecule has 0 aromatic carbocycles. The maximum atomic E-state index is 10.4. The predicted octanol–water partition coefficient (Wildman–Crippen LogP) is 0.353. The Hall–Kier alpha value is -1.49. The van der Waals surface area contributed by atoms with E-state index in [2.05, 4.69) is 15.4 Å². The molecule has 0 spiro atoms. The lowest BCUT2D eigenvalue weighted by molar-refractivity contribution is -0.132. The fraction of sp³-hybridized carbons (Fsp3) is 0.375. The van der Waals surface area contributed by atoms with E-state index in [9.17, 15) is 4.79 Å². The third kappa shape index (κ3) is 3.62. The lowest BCUT2D eigenvalue weighted by Crippen LogP contribution is -2.20. The summed E-state index contributed by atoms with van der Waals surface area (Å²) in [6.45, 7) is 3.43. The number of nitrogens with one attached hydrogen (secondary N) is 1. The molecule has 5 nitrogen and oxygen atoms in total. The molecule has 0 fully saturated rings. The number of hydrogen-bond acceptors (Lipinski definition) is 4. The van der Waals surface area contributed by atoms with Crippen LogP contribution in [-0.4, -0.2) is 15.9 Å². The molecule has 1 heterocycles. The van der Waals surface area contributed by atoms with Crippen molar-refractivity contribution in [1.82, 2.24) is 15.4 Å². The third-order valence-electron chi connectivity index (χ3n) is 1.27. The van der Waals surface area contributed by atoms with Gasteiger partial charge < -0.3 is 0 Å². The van der Waals surface area contributed by atoms with E-state index in [1.54, 1.807) is 19.2 Å². The highest BCUT2D eigenvalue weighted by Gasteiger charge is 1.96. The van der Waals surface area contributed by atoms with Crippen LogP contribution >= 0.6 is 0 Å². The standard InChI is InChI=1S/C8H11N3O2/c1-6-9-4-3-8(10-6)5-13-11-7(2)12/h3-4H,5H2,1-2H3,(H,11,12). The zero-order valence-corrected chi connectivity index (χ0v) is 7.57. The normalized spacial score (nSPS) is 9.69. The number of amides is 1. The maximum Gasteiger partial charge on any atom is 0.240 e. The zero-order chi connectivity index (χ0) is 9.68. The van der Waals surface area contributed by atoms with Crippen molar-refractivity contribution in [2.75, 3.05) is 0 Å². The number of hydroxylamine groups is 1. The molecule has 0 bridgehead atoms. The summed E-state index contributed by atoms with van der Waals surface area (Å²) in [4.78, 5) is 23.3. The van der Waals surface area contributed by atoms with E-state index in [1.807, 2.05) is 0 Å². The van der Waals surface area contributed by atoms with E-state index in [1.165, 1.54) is 6.92 Å². The second-order valence-corrected chi connectivity index (χ2v) is 2.54. The Kier molecular flexibility index (Phi) is 3.33. The summed E-state index contributed by atoms with van der Waals surface area (Å²) in [7, 11) is 0. The second kappa shape index (κ2) is 4.51. The maximum absolute atomic E-state index is 10.4. The molecule has 13 heavy (non-hydrogen) atoms. The van der Waals surface area contributed by atoms with E-state index in [0.717, 1.165) is 5.69 Å². The van der Waals surface area contributed by atoms with Gasteiger partial charge in [0, 0.05) is 13.1 Å². The van der Waals surface area contributed by atoms with Crippen molar-refractivity contribution in [3.63, 3.8) is 0 Å². The summed E-state index contributed by atoms with van der Waals surface area (Å²) in [6.07, 6.45) is 1.65. The highest BCUT2D eigenvalue weighted by Crippen LogP contribution is 1.95. The average molecular weight is 181 g/mol. The Morgan fingerprint density at radius 1 is 1.69 bits per heavy atom. The molecule has 1 amide bonds. The summed E-state index contributed by atoms with van der Waals surface area (Å²) < 4.78 is 0. The molecule has 0 aliphatic carbocycles. The predicted molar refractivity (Wildman–Crippen MR) is 45.4 cm³/mol. The second-order valence-electron chi connectivity index (χ2n) is 2.54. The number of rotatable bonds is 3. The van der Waals surface area contributed by atoms with Crippen LogP contribution in [-0.2, 0) is 16.2 Å². The fourth-order valence-electron chi connectivity index (χ4n) is 0.797. The molecule has 0 unspecified atom stereocenters. The van der Waals surface area contributed by atoms with Crippen LogP contribution in [0, 0.1) is 6.92 Å². The molecule has 70 valence electrons. The first-order chi connectivity index (χ1) is 6.18.